The molecule has 1 atom stereocenters. The largest absolute Gasteiger partial charge is 0.494 e. The number of piperidine rings is 1. The fourth-order valence-corrected chi connectivity index (χ4v) is 2.19. The van der Waals surface area contributed by atoms with Crippen molar-refractivity contribution in [2.75, 3.05) is 13.2 Å². The predicted molar refractivity (Wildman–Crippen MR) is 58.8 cm³/mol. The maximum atomic E-state index is 12.1. The molecule has 0 radical (unpaired) electrons. The Bertz CT molecular complexity index is 378. The van der Waals surface area contributed by atoms with E-state index < -0.39 is 11.9 Å². The first kappa shape index (κ1) is 11.8. The molecule has 0 bridgehead atoms. The highest BCUT2D eigenvalue weighted by Crippen LogP contribution is 2.23. The Labute approximate surface area is 99.2 Å². The van der Waals surface area contributed by atoms with Gasteiger partial charge in [-0.3, -0.25) is 4.79 Å². The van der Waals surface area contributed by atoms with Crippen molar-refractivity contribution in [2.24, 2.45) is 0 Å². The Hall–Kier alpha value is -1.72. The van der Waals surface area contributed by atoms with Crippen LogP contribution in [0.5, 0.6) is 0 Å². The molecule has 1 saturated heterocycles. The molecule has 94 valence electrons. The second-order valence-corrected chi connectivity index (χ2v) is 4.10. The van der Waals surface area contributed by atoms with E-state index >= 15 is 0 Å². The molecule has 2 rings (SSSR count). The lowest BCUT2D eigenvalue weighted by Crippen LogP contribution is -2.56. The second-order valence-electron chi connectivity index (χ2n) is 4.10. The van der Waals surface area contributed by atoms with Crippen molar-refractivity contribution >= 4 is 11.9 Å². The topological polar surface area (TPSA) is 78.9 Å². The van der Waals surface area contributed by atoms with Crippen LogP contribution in [0.2, 0.25) is 0 Å². The number of hydrogen-bond acceptors (Lipinski definition) is 5. The van der Waals surface area contributed by atoms with Crippen LogP contribution in [0.3, 0.4) is 0 Å². The number of fused-ring (bicyclic) bond motifs is 1. The number of carbonyl (C=O) groups is 2. The van der Waals surface area contributed by atoms with Gasteiger partial charge in [-0.15, -0.1) is 0 Å². The molecule has 2 N–H and O–H groups in total. The van der Waals surface area contributed by atoms with Crippen molar-refractivity contribution in [3.05, 3.63) is 11.5 Å². The summed E-state index contributed by atoms with van der Waals surface area (Å²) in [6.45, 7) is 2.43. The average molecular weight is 240 g/mol. The zero-order chi connectivity index (χ0) is 12.4. The Kier molecular flexibility index (Phi) is 3.21. The van der Waals surface area contributed by atoms with Crippen molar-refractivity contribution in [1.82, 2.24) is 10.2 Å². The number of carbonyl (C=O) groups excluding carboxylic acids is 2. The molecule has 1 fully saturated rings. The normalized spacial score (nSPS) is 24.2. The fraction of sp³-hybridized carbons (Fsp3) is 0.636. The molecular weight excluding hydrogens is 224 g/mol. The summed E-state index contributed by atoms with van der Waals surface area (Å²) in [7, 11) is 0. The molecule has 0 aromatic carbocycles. The Balaban J connectivity index is 2.24. The Morgan fingerprint density at radius 3 is 3.06 bits per heavy atom. The SMILES string of the molecule is CCOC(=O)C1=C(O)NC2CCCCN2C1=O. The molecule has 0 aromatic heterocycles. The van der Waals surface area contributed by atoms with E-state index in [0.29, 0.717) is 6.54 Å². The van der Waals surface area contributed by atoms with Crippen molar-refractivity contribution in [2.45, 2.75) is 32.4 Å². The van der Waals surface area contributed by atoms with Crippen molar-refractivity contribution in [1.29, 1.82) is 0 Å². The molecule has 0 saturated carbocycles. The van der Waals surface area contributed by atoms with E-state index in [9.17, 15) is 14.7 Å². The molecule has 0 spiro atoms. The Morgan fingerprint density at radius 1 is 1.59 bits per heavy atom. The van der Waals surface area contributed by atoms with Gasteiger partial charge in [0.05, 0.1) is 6.61 Å². The third kappa shape index (κ3) is 2.07. The molecule has 2 aliphatic heterocycles. The van der Waals surface area contributed by atoms with Crippen LogP contribution in [0.1, 0.15) is 26.2 Å². The molecule has 2 aliphatic rings. The molecule has 0 aliphatic carbocycles. The van der Waals surface area contributed by atoms with Gasteiger partial charge in [0.15, 0.2) is 5.57 Å². The van der Waals surface area contributed by atoms with Crippen LogP contribution < -0.4 is 5.32 Å². The maximum Gasteiger partial charge on any atom is 0.349 e. The van der Waals surface area contributed by atoms with Crippen LogP contribution >= 0.6 is 0 Å². The molecule has 6 nitrogen and oxygen atoms in total. The molecule has 17 heavy (non-hydrogen) atoms. The number of nitrogens with one attached hydrogen (secondary N) is 1. The van der Waals surface area contributed by atoms with Crippen LogP contribution in [0.25, 0.3) is 0 Å². The van der Waals surface area contributed by atoms with E-state index in [4.69, 9.17) is 4.74 Å². The lowest BCUT2D eigenvalue weighted by molar-refractivity contribution is -0.145. The zero-order valence-electron chi connectivity index (χ0n) is 9.73. The fourth-order valence-electron chi connectivity index (χ4n) is 2.19. The van der Waals surface area contributed by atoms with Gasteiger partial charge in [-0.2, -0.15) is 0 Å². The quantitative estimate of drug-likeness (QED) is 0.534. The molecule has 1 unspecified atom stereocenters. The lowest BCUT2D eigenvalue weighted by atomic mass is 10.0. The van der Waals surface area contributed by atoms with Crippen LogP contribution in [0.15, 0.2) is 11.5 Å². The summed E-state index contributed by atoms with van der Waals surface area (Å²) in [6, 6.07) is 0. The average Bonchev–Trinajstić information content (AvgIpc) is 2.29. The van der Waals surface area contributed by atoms with E-state index in [2.05, 4.69) is 5.32 Å². The van der Waals surface area contributed by atoms with E-state index in [1.807, 2.05) is 0 Å². The standard InChI is InChI=1S/C11H16N2O4/c1-2-17-11(16)8-9(14)12-7-5-3-4-6-13(7)10(8)15/h7,12,14H,2-6H2,1H3. The highest BCUT2D eigenvalue weighted by molar-refractivity contribution is 6.17. The van der Waals surface area contributed by atoms with Crippen LogP contribution in [0.4, 0.5) is 0 Å². The summed E-state index contributed by atoms with van der Waals surface area (Å²) in [6.07, 6.45) is 2.50. The van der Waals surface area contributed by atoms with Gasteiger partial charge in [0.2, 0.25) is 5.88 Å². The summed E-state index contributed by atoms with van der Waals surface area (Å²) < 4.78 is 4.76. The van der Waals surface area contributed by atoms with Gasteiger partial charge in [-0.1, -0.05) is 0 Å². The summed E-state index contributed by atoms with van der Waals surface area (Å²) in [5, 5.41) is 12.5. The number of ether oxygens (including phenoxy) is 1. The molecule has 6 heteroatoms. The van der Waals surface area contributed by atoms with Crippen LogP contribution in [-0.2, 0) is 14.3 Å². The minimum atomic E-state index is -0.772. The van der Waals surface area contributed by atoms with Crippen molar-refractivity contribution < 1.29 is 19.4 Å². The van der Waals surface area contributed by atoms with E-state index in [-0.39, 0.29) is 24.2 Å². The third-order valence-corrected chi connectivity index (χ3v) is 3.00. The second kappa shape index (κ2) is 4.65. The summed E-state index contributed by atoms with van der Waals surface area (Å²) in [4.78, 5) is 25.2. The van der Waals surface area contributed by atoms with Crippen LogP contribution in [0, 0.1) is 0 Å². The summed E-state index contributed by atoms with van der Waals surface area (Å²) in [5.41, 5.74) is -0.287. The first-order valence-corrected chi connectivity index (χ1v) is 5.83. The van der Waals surface area contributed by atoms with Gasteiger partial charge in [0.25, 0.3) is 5.91 Å². The smallest absolute Gasteiger partial charge is 0.349 e. The number of amides is 1. The first-order chi connectivity index (χ1) is 8.15. The summed E-state index contributed by atoms with van der Waals surface area (Å²) >= 11 is 0. The van der Waals surface area contributed by atoms with Crippen molar-refractivity contribution in [3.63, 3.8) is 0 Å². The van der Waals surface area contributed by atoms with Gasteiger partial charge in [0.1, 0.15) is 6.17 Å². The number of esters is 1. The third-order valence-electron chi connectivity index (χ3n) is 3.00. The molecule has 1 amide bonds. The van der Waals surface area contributed by atoms with Gasteiger partial charge in [-0.25, -0.2) is 4.79 Å². The molecule has 0 aromatic rings. The van der Waals surface area contributed by atoms with Gasteiger partial charge < -0.3 is 20.1 Å². The van der Waals surface area contributed by atoms with Gasteiger partial charge in [0, 0.05) is 6.54 Å². The number of rotatable bonds is 2. The van der Waals surface area contributed by atoms with Crippen molar-refractivity contribution in [3.8, 4) is 0 Å². The minimum absolute atomic E-state index is 0.173. The molecular formula is C11H16N2O4. The van der Waals surface area contributed by atoms with Crippen LogP contribution in [-0.4, -0.2) is 41.2 Å². The predicted octanol–water partition coefficient (Wildman–Crippen LogP) is 0.261. The highest BCUT2D eigenvalue weighted by atomic mass is 16.5. The molecule has 2 heterocycles. The van der Waals surface area contributed by atoms with E-state index in [0.717, 1.165) is 19.3 Å². The number of nitrogens with zero attached hydrogens (tertiary/aromatic N) is 1. The first-order valence-electron chi connectivity index (χ1n) is 5.83. The zero-order valence-corrected chi connectivity index (χ0v) is 9.73. The number of aliphatic hydroxyl groups is 1. The monoisotopic (exact) mass is 240 g/mol. The summed E-state index contributed by atoms with van der Waals surface area (Å²) in [5.74, 6) is -1.58. The van der Waals surface area contributed by atoms with Gasteiger partial charge in [-0.05, 0) is 26.2 Å². The van der Waals surface area contributed by atoms with Gasteiger partial charge >= 0.3 is 5.97 Å². The highest BCUT2D eigenvalue weighted by Gasteiger charge is 2.39. The Morgan fingerprint density at radius 2 is 2.35 bits per heavy atom. The van der Waals surface area contributed by atoms with E-state index in [1.165, 1.54) is 0 Å². The maximum absolute atomic E-state index is 12.1. The number of aliphatic hydroxyl groups excluding tert-OH is 1. The minimum Gasteiger partial charge on any atom is -0.494 e. The number of hydrogen-bond donors (Lipinski definition) is 2. The van der Waals surface area contributed by atoms with E-state index in [1.54, 1.807) is 11.8 Å². The lowest BCUT2D eigenvalue weighted by Gasteiger charge is -2.39.